The van der Waals surface area contributed by atoms with Crippen LogP contribution in [0.3, 0.4) is 0 Å². The van der Waals surface area contributed by atoms with E-state index >= 15 is 0 Å². The second-order valence-electron chi connectivity index (χ2n) is 3.81. The molecule has 3 rings (SSSR count). The van der Waals surface area contributed by atoms with Gasteiger partial charge in [0.2, 0.25) is 0 Å². The SMILES string of the molecule is Nc1cncc(Nc2ccc3sccc3c2)c1. The Labute approximate surface area is 103 Å². The molecule has 0 atom stereocenters. The number of hydrogen-bond acceptors (Lipinski definition) is 4. The summed E-state index contributed by atoms with van der Waals surface area (Å²) in [6.45, 7) is 0. The minimum atomic E-state index is 0.659. The summed E-state index contributed by atoms with van der Waals surface area (Å²) in [5.41, 5.74) is 8.29. The average molecular weight is 241 g/mol. The maximum absolute atomic E-state index is 5.69. The first-order chi connectivity index (χ1) is 8.31. The number of benzene rings is 1. The molecule has 0 fully saturated rings. The number of nitrogens with two attached hydrogens (primary N) is 1. The van der Waals surface area contributed by atoms with Crippen LogP contribution in [0.1, 0.15) is 0 Å². The van der Waals surface area contributed by atoms with Crippen LogP contribution in [-0.4, -0.2) is 4.98 Å². The molecule has 0 amide bonds. The lowest BCUT2D eigenvalue weighted by atomic mass is 10.2. The Bertz CT molecular complexity index is 660. The number of nitrogens with one attached hydrogen (secondary N) is 1. The van der Waals surface area contributed by atoms with E-state index in [0.29, 0.717) is 5.69 Å². The van der Waals surface area contributed by atoms with E-state index < -0.39 is 0 Å². The summed E-state index contributed by atoms with van der Waals surface area (Å²) in [6, 6.07) is 10.3. The number of hydrogen-bond donors (Lipinski definition) is 2. The van der Waals surface area contributed by atoms with Crippen molar-refractivity contribution in [2.45, 2.75) is 0 Å². The highest BCUT2D eigenvalue weighted by Gasteiger charge is 1.99. The van der Waals surface area contributed by atoms with Crippen molar-refractivity contribution < 1.29 is 0 Å². The van der Waals surface area contributed by atoms with Gasteiger partial charge in [-0.1, -0.05) is 0 Å². The second-order valence-corrected chi connectivity index (χ2v) is 4.75. The Hall–Kier alpha value is -2.07. The smallest absolute Gasteiger partial charge is 0.0591 e. The Morgan fingerprint density at radius 2 is 2.00 bits per heavy atom. The fraction of sp³-hybridized carbons (Fsp3) is 0. The maximum Gasteiger partial charge on any atom is 0.0591 e. The molecule has 3 N–H and O–H groups in total. The minimum Gasteiger partial charge on any atom is -0.397 e. The van der Waals surface area contributed by atoms with Crippen LogP contribution in [-0.2, 0) is 0 Å². The number of nitrogen functional groups attached to an aromatic ring is 1. The van der Waals surface area contributed by atoms with Gasteiger partial charge < -0.3 is 11.1 Å². The Kier molecular flexibility index (Phi) is 2.42. The summed E-state index contributed by atoms with van der Waals surface area (Å²) in [5.74, 6) is 0. The summed E-state index contributed by atoms with van der Waals surface area (Å²) in [5, 5.41) is 6.63. The molecular weight excluding hydrogens is 230 g/mol. The van der Waals surface area contributed by atoms with Gasteiger partial charge in [-0.05, 0) is 41.1 Å². The monoisotopic (exact) mass is 241 g/mol. The molecule has 0 saturated heterocycles. The van der Waals surface area contributed by atoms with Gasteiger partial charge in [0, 0.05) is 16.6 Å². The van der Waals surface area contributed by atoms with Gasteiger partial charge in [0.05, 0.1) is 17.6 Å². The Balaban J connectivity index is 1.94. The van der Waals surface area contributed by atoms with Gasteiger partial charge in [-0.25, -0.2) is 0 Å². The highest BCUT2D eigenvalue weighted by atomic mass is 32.1. The molecule has 0 bridgehead atoms. The average Bonchev–Trinajstić information content (AvgIpc) is 2.76. The standard InChI is InChI=1S/C13H11N3S/c14-10-6-12(8-15-7-10)16-11-1-2-13-9(5-11)3-4-17-13/h1-8,16H,14H2. The fourth-order valence-corrected chi connectivity index (χ4v) is 2.51. The molecule has 0 spiro atoms. The third-order valence-electron chi connectivity index (χ3n) is 2.50. The fourth-order valence-electron chi connectivity index (χ4n) is 1.74. The van der Waals surface area contributed by atoms with Crippen LogP contribution in [0.4, 0.5) is 17.1 Å². The van der Waals surface area contributed by atoms with Crippen molar-refractivity contribution in [3.63, 3.8) is 0 Å². The Morgan fingerprint density at radius 1 is 1.06 bits per heavy atom. The summed E-state index contributed by atoms with van der Waals surface area (Å²) in [7, 11) is 0. The van der Waals surface area contributed by atoms with Crippen molar-refractivity contribution in [1.29, 1.82) is 0 Å². The van der Waals surface area contributed by atoms with E-state index in [1.54, 1.807) is 23.7 Å². The number of thiophene rings is 1. The molecule has 17 heavy (non-hydrogen) atoms. The summed E-state index contributed by atoms with van der Waals surface area (Å²) in [6.07, 6.45) is 3.39. The van der Waals surface area contributed by atoms with Gasteiger partial charge in [-0.2, -0.15) is 0 Å². The normalized spacial score (nSPS) is 10.6. The van der Waals surface area contributed by atoms with Crippen LogP contribution in [0, 0.1) is 0 Å². The third kappa shape index (κ3) is 2.07. The zero-order valence-corrected chi connectivity index (χ0v) is 9.87. The van der Waals surface area contributed by atoms with Gasteiger partial charge >= 0.3 is 0 Å². The third-order valence-corrected chi connectivity index (χ3v) is 3.40. The summed E-state index contributed by atoms with van der Waals surface area (Å²) >= 11 is 1.74. The number of fused-ring (bicyclic) bond motifs is 1. The highest BCUT2D eigenvalue weighted by Crippen LogP contribution is 2.26. The van der Waals surface area contributed by atoms with E-state index in [-0.39, 0.29) is 0 Å². The first-order valence-electron chi connectivity index (χ1n) is 5.26. The number of pyridine rings is 1. The molecule has 0 unspecified atom stereocenters. The zero-order chi connectivity index (χ0) is 11.7. The van der Waals surface area contributed by atoms with Crippen molar-refractivity contribution in [2.24, 2.45) is 0 Å². The van der Waals surface area contributed by atoms with Crippen LogP contribution in [0.2, 0.25) is 0 Å². The molecule has 3 nitrogen and oxygen atoms in total. The van der Waals surface area contributed by atoms with Crippen molar-refractivity contribution in [2.75, 3.05) is 11.1 Å². The van der Waals surface area contributed by atoms with Crippen molar-refractivity contribution in [1.82, 2.24) is 4.98 Å². The molecule has 0 saturated carbocycles. The minimum absolute atomic E-state index is 0.659. The molecule has 4 heteroatoms. The van der Waals surface area contributed by atoms with Crippen LogP contribution < -0.4 is 11.1 Å². The molecule has 2 aromatic heterocycles. The van der Waals surface area contributed by atoms with Gasteiger partial charge in [0.25, 0.3) is 0 Å². The highest BCUT2D eigenvalue weighted by molar-refractivity contribution is 7.17. The zero-order valence-electron chi connectivity index (χ0n) is 9.05. The van der Waals surface area contributed by atoms with Crippen LogP contribution in [0.25, 0.3) is 10.1 Å². The molecule has 84 valence electrons. The lowest BCUT2D eigenvalue weighted by Crippen LogP contribution is -1.93. The van der Waals surface area contributed by atoms with Gasteiger partial charge in [0.1, 0.15) is 0 Å². The largest absolute Gasteiger partial charge is 0.397 e. The van der Waals surface area contributed by atoms with E-state index in [0.717, 1.165) is 11.4 Å². The number of anilines is 3. The summed E-state index contributed by atoms with van der Waals surface area (Å²) in [4.78, 5) is 4.05. The van der Waals surface area contributed by atoms with Crippen molar-refractivity contribution in [3.05, 3.63) is 48.1 Å². The lowest BCUT2D eigenvalue weighted by Gasteiger charge is -2.06. The predicted molar refractivity (Wildman–Crippen MR) is 73.8 cm³/mol. The predicted octanol–water partition coefficient (Wildman–Crippen LogP) is 3.62. The van der Waals surface area contributed by atoms with Crippen LogP contribution in [0.5, 0.6) is 0 Å². The van der Waals surface area contributed by atoms with E-state index in [1.165, 1.54) is 10.1 Å². The molecule has 1 aromatic carbocycles. The molecule has 0 radical (unpaired) electrons. The lowest BCUT2D eigenvalue weighted by molar-refractivity contribution is 1.33. The van der Waals surface area contributed by atoms with Crippen molar-refractivity contribution in [3.8, 4) is 0 Å². The van der Waals surface area contributed by atoms with Crippen LogP contribution >= 0.6 is 11.3 Å². The van der Waals surface area contributed by atoms with Crippen molar-refractivity contribution >= 4 is 38.5 Å². The first-order valence-corrected chi connectivity index (χ1v) is 6.14. The number of nitrogens with zero attached hydrogens (tertiary/aromatic N) is 1. The number of rotatable bonds is 2. The quantitative estimate of drug-likeness (QED) is 0.720. The molecule has 0 aliphatic heterocycles. The van der Waals surface area contributed by atoms with E-state index in [2.05, 4.69) is 39.9 Å². The topological polar surface area (TPSA) is 50.9 Å². The molecule has 3 aromatic rings. The van der Waals surface area contributed by atoms with E-state index in [9.17, 15) is 0 Å². The molecular formula is C13H11N3S. The van der Waals surface area contributed by atoms with Gasteiger partial charge in [-0.15, -0.1) is 11.3 Å². The first kappa shape index (κ1) is 10.1. The summed E-state index contributed by atoms with van der Waals surface area (Å²) < 4.78 is 1.29. The van der Waals surface area contributed by atoms with Gasteiger partial charge in [-0.3, -0.25) is 4.98 Å². The maximum atomic E-state index is 5.69. The second kappa shape index (κ2) is 4.07. The van der Waals surface area contributed by atoms with Gasteiger partial charge in [0.15, 0.2) is 0 Å². The number of aromatic nitrogens is 1. The molecule has 0 aliphatic carbocycles. The van der Waals surface area contributed by atoms with E-state index in [1.807, 2.05) is 6.07 Å². The van der Waals surface area contributed by atoms with E-state index in [4.69, 9.17) is 5.73 Å². The molecule has 2 heterocycles. The van der Waals surface area contributed by atoms with Crippen LogP contribution in [0.15, 0.2) is 48.1 Å². The Morgan fingerprint density at radius 3 is 2.88 bits per heavy atom. The molecule has 0 aliphatic rings.